The summed E-state index contributed by atoms with van der Waals surface area (Å²) in [4.78, 5) is 8.41. The second kappa shape index (κ2) is 6.07. The van der Waals surface area contributed by atoms with Crippen LogP contribution in [-0.4, -0.2) is 22.8 Å². The zero-order valence-electron chi connectivity index (χ0n) is 11.0. The van der Waals surface area contributed by atoms with Gasteiger partial charge in [-0.2, -0.15) is 18.2 Å². The van der Waals surface area contributed by atoms with E-state index in [0.29, 0.717) is 10.4 Å². The van der Waals surface area contributed by atoms with Gasteiger partial charge in [0.1, 0.15) is 10.4 Å². The monoisotopic (exact) mass is 340 g/mol. The van der Waals surface area contributed by atoms with Crippen molar-refractivity contribution >= 4 is 15.9 Å². The molecule has 0 aliphatic carbocycles. The summed E-state index contributed by atoms with van der Waals surface area (Å²) < 4.78 is 41.7. The van der Waals surface area contributed by atoms with Crippen LogP contribution in [-0.2, 0) is 5.41 Å². The predicted octanol–water partition coefficient (Wildman–Crippen LogP) is 4.26. The summed E-state index contributed by atoms with van der Waals surface area (Å²) in [5.41, 5.74) is -0.256. The van der Waals surface area contributed by atoms with E-state index in [0.717, 1.165) is 0 Å². The Hall–Kier alpha value is -0.850. The Bertz CT molecular complexity index is 430. The van der Waals surface area contributed by atoms with Crippen molar-refractivity contribution in [3.8, 4) is 5.88 Å². The largest absolute Gasteiger partial charge is 0.478 e. The molecular formula is C12H16BrF3N2O. The van der Waals surface area contributed by atoms with E-state index in [2.05, 4.69) is 25.9 Å². The van der Waals surface area contributed by atoms with Crippen LogP contribution in [0.15, 0.2) is 10.7 Å². The topological polar surface area (TPSA) is 35.0 Å². The number of alkyl halides is 3. The number of rotatable bonds is 4. The molecule has 0 N–H and O–H groups in total. The van der Waals surface area contributed by atoms with Gasteiger partial charge in [-0.1, -0.05) is 20.8 Å². The van der Waals surface area contributed by atoms with Gasteiger partial charge in [0.2, 0.25) is 5.88 Å². The van der Waals surface area contributed by atoms with E-state index in [9.17, 15) is 13.2 Å². The average molecular weight is 341 g/mol. The Balaban J connectivity index is 2.62. The molecule has 0 amide bonds. The van der Waals surface area contributed by atoms with E-state index in [1.807, 2.05) is 20.8 Å². The summed E-state index contributed by atoms with van der Waals surface area (Å²) in [5, 5.41) is 0. The van der Waals surface area contributed by atoms with Crippen LogP contribution >= 0.6 is 15.9 Å². The molecule has 0 spiro atoms. The summed E-state index contributed by atoms with van der Waals surface area (Å²) in [5.74, 6) is 0.863. The van der Waals surface area contributed by atoms with Crippen molar-refractivity contribution in [2.45, 2.75) is 45.2 Å². The van der Waals surface area contributed by atoms with Crippen molar-refractivity contribution in [2.75, 3.05) is 6.61 Å². The first kappa shape index (κ1) is 16.2. The Morgan fingerprint density at radius 3 is 2.37 bits per heavy atom. The fraction of sp³-hybridized carbons (Fsp3) is 0.667. The highest BCUT2D eigenvalue weighted by molar-refractivity contribution is 9.10. The van der Waals surface area contributed by atoms with E-state index in [1.54, 1.807) is 6.07 Å². The van der Waals surface area contributed by atoms with Crippen LogP contribution in [0.1, 0.15) is 39.4 Å². The van der Waals surface area contributed by atoms with Crippen LogP contribution in [0.25, 0.3) is 0 Å². The molecule has 0 aliphatic heterocycles. The molecule has 0 atom stereocenters. The Labute approximate surface area is 118 Å². The van der Waals surface area contributed by atoms with Crippen LogP contribution < -0.4 is 4.74 Å². The quantitative estimate of drug-likeness (QED) is 0.606. The smallest absolute Gasteiger partial charge is 0.389 e. The van der Waals surface area contributed by atoms with Gasteiger partial charge < -0.3 is 4.74 Å². The molecule has 0 aromatic carbocycles. The second-order valence-electron chi connectivity index (χ2n) is 5.17. The maximum absolute atomic E-state index is 12.0. The first-order valence-corrected chi connectivity index (χ1v) is 6.62. The highest BCUT2D eigenvalue weighted by atomic mass is 79.9. The van der Waals surface area contributed by atoms with Gasteiger partial charge in [-0.25, -0.2) is 4.98 Å². The molecule has 0 aliphatic rings. The number of aromatic nitrogens is 2. The molecule has 1 rings (SSSR count). The Morgan fingerprint density at radius 1 is 1.21 bits per heavy atom. The van der Waals surface area contributed by atoms with Crippen LogP contribution in [0.3, 0.4) is 0 Å². The third kappa shape index (κ3) is 6.22. The molecule has 3 nitrogen and oxygen atoms in total. The molecule has 1 aromatic heterocycles. The molecule has 0 bridgehead atoms. The van der Waals surface area contributed by atoms with E-state index >= 15 is 0 Å². The number of hydrogen-bond acceptors (Lipinski definition) is 3. The summed E-state index contributed by atoms with van der Waals surface area (Å²) in [6.07, 6.45) is -5.09. The van der Waals surface area contributed by atoms with Crippen LogP contribution in [0, 0.1) is 0 Å². The van der Waals surface area contributed by atoms with Crippen LogP contribution in [0.4, 0.5) is 13.2 Å². The lowest BCUT2D eigenvalue weighted by Gasteiger charge is -2.17. The van der Waals surface area contributed by atoms with Crippen molar-refractivity contribution in [1.29, 1.82) is 0 Å². The molecule has 1 heterocycles. The standard InChI is InChI=1S/C12H16BrF3N2O/c1-11(2,3)10-17-8(13)7-9(18-10)19-6-4-5-12(14,15)16/h7H,4-6H2,1-3H3. The minimum Gasteiger partial charge on any atom is -0.478 e. The molecular weight excluding hydrogens is 325 g/mol. The minimum atomic E-state index is -4.15. The van der Waals surface area contributed by atoms with Gasteiger partial charge in [0.15, 0.2) is 0 Å². The lowest BCUT2D eigenvalue weighted by Crippen LogP contribution is -2.17. The zero-order chi connectivity index (χ0) is 14.7. The van der Waals surface area contributed by atoms with Gasteiger partial charge in [-0.3, -0.25) is 0 Å². The van der Waals surface area contributed by atoms with Crippen LogP contribution in [0.2, 0.25) is 0 Å². The number of hydrogen-bond donors (Lipinski definition) is 0. The molecule has 0 radical (unpaired) electrons. The summed E-state index contributed by atoms with van der Waals surface area (Å²) in [6, 6.07) is 1.54. The van der Waals surface area contributed by atoms with Gasteiger partial charge in [-0.05, 0) is 22.4 Å². The van der Waals surface area contributed by atoms with Crippen molar-refractivity contribution < 1.29 is 17.9 Å². The van der Waals surface area contributed by atoms with Gasteiger partial charge >= 0.3 is 6.18 Å². The summed E-state index contributed by atoms with van der Waals surface area (Å²) >= 11 is 3.24. The second-order valence-corrected chi connectivity index (χ2v) is 5.98. The maximum Gasteiger partial charge on any atom is 0.389 e. The van der Waals surface area contributed by atoms with Gasteiger partial charge in [-0.15, -0.1) is 0 Å². The SMILES string of the molecule is CC(C)(C)c1nc(Br)cc(OCCCC(F)(F)F)n1. The van der Waals surface area contributed by atoms with E-state index in [-0.39, 0.29) is 24.3 Å². The Kier molecular flexibility index (Phi) is 5.18. The molecule has 0 saturated heterocycles. The normalized spacial score (nSPS) is 12.6. The van der Waals surface area contributed by atoms with E-state index in [1.165, 1.54) is 0 Å². The molecule has 0 fully saturated rings. The highest BCUT2D eigenvalue weighted by Gasteiger charge is 2.26. The molecule has 1 aromatic rings. The van der Waals surface area contributed by atoms with E-state index < -0.39 is 12.6 Å². The predicted molar refractivity (Wildman–Crippen MR) is 69.2 cm³/mol. The van der Waals surface area contributed by atoms with Gasteiger partial charge in [0.25, 0.3) is 0 Å². The lowest BCUT2D eigenvalue weighted by atomic mass is 9.96. The first-order valence-electron chi connectivity index (χ1n) is 5.82. The maximum atomic E-state index is 12.0. The number of nitrogens with zero attached hydrogens (tertiary/aromatic N) is 2. The zero-order valence-corrected chi connectivity index (χ0v) is 12.6. The van der Waals surface area contributed by atoms with E-state index in [4.69, 9.17) is 4.74 Å². The fourth-order valence-electron chi connectivity index (χ4n) is 1.26. The van der Waals surface area contributed by atoms with Crippen molar-refractivity contribution in [2.24, 2.45) is 0 Å². The lowest BCUT2D eigenvalue weighted by molar-refractivity contribution is -0.136. The number of halogens is 4. The third-order valence-corrected chi connectivity index (χ3v) is 2.60. The Morgan fingerprint density at radius 2 is 1.84 bits per heavy atom. The van der Waals surface area contributed by atoms with Crippen molar-refractivity contribution in [3.05, 3.63) is 16.5 Å². The molecule has 0 unspecified atom stereocenters. The highest BCUT2D eigenvalue weighted by Crippen LogP contribution is 2.24. The van der Waals surface area contributed by atoms with Crippen molar-refractivity contribution in [3.63, 3.8) is 0 Å². The minimum absolute atomic E-state index is 0.0213. The molecule has 7 heteroatoms. The molecule has 108 valence electrons. The fourth-order valence-corrected chi connectivity index (χ4v) is 1.62. The first-order chi connectivity index (χ1) is 8.58. The molecule has 19 heavy (non-hydrogen) atoms. The summed E-state index contributed by atoms with van der Waals surface area (Å²) in [6.45, 7) is 5.82. The van der Waals surface area contributed by atoms with Gasteiger partial charge in [0.05, 0.1) is 6.61 Å². The number of ether oxygens (including phenoxy) is 1. The average Bonchev–Trinajstić information content (AvgIpc) is 2.21. The summed E-state index contributed by atoms with van der Waals surface area (Å²) in [7, 11) is 0. The third-order valence-electron chi connectivity index (χ3n) is 2.20. The van der Waals surface area contributed by atoms with Crippen LogP contribution in [0.5, 0.6) is 5.88 Å². The van der Waals surface area contributed by atoms with Gasteiger partial charge in [0, 0.05) is 17.9 Å². The van der Waals surface area contributed by atoms with Crippen molar-refractivity contribution in [1.82, 2.24) is 9.97 Å². The molecule has 0 saturated carbocycles.